The highest BCUT2D eigenvalue weighted by Gasteiger charge is 2.32. The Morgan fingerprint density at radius 3 is 2.04 bits per heavy atom. The van der Waals surface area contributed by atoms with Crippen molar-refractivity contribution in [3.05, 3.63) is 29.8 Å². The van der Waals surface area contributed by atoms with E-state index >= 15 is 0 Å². The molecule has 0 bridgehead atoms. The third kappa shape index (κ3) is 5.10. The summed E-state index contributed by atoms with van der Waals surface area (Å²) < 4.78 is 0. The molecule has 1 aromatic carbocycles. The highest BCUT2D eigenvalue weighted by atomic mass is 16.2. The van der Waals surface area contributed by atoms with Gasteiger partial charge in [-0.05, 0) is 56.3 Å². The van der Waals surface area contributed by atoms with Gasteiger partial charge in [0.05, 0.1) is 0 Å². The summed E-state index contributed by atoms with van der Waals surface area (Å²) in [6.07, 6.45) is 3.27. The molecule has 1 heterocycles. The van der Waals surface area contributed by atoms with Crippen LogP contribution in [0.4, 0.5) is 5.69 Å². The van der Waals surface area contributed by atoms with E-state index in [9.17, 15) is 9.59 Å². The van der Waals surface area contributed by atoms with E-state index in [1.807, 2.05) is 17.0 Å². The van der Waals surface area contributed by atoms with Crippen LogP contribution in [0.3, 0.4) is 0 Å². The molecule has 0 radical (unpaired) electrons. The number of benzene rings is 1. The summed E-state index contributed by atoms with van der Waals surface area (Å²) in [5, 5.41) is 3.05. The van der Waals surface area contributed by atoms with Crippen LogP contribution in [0.1, 0.15) is 51.0 Å². The molecule has 1 aliphatic heterocycles. The number of nitrogens with one attached hydrogen (secondary N) is 1. The van der Waals surface area contributed by atoms with Crippen molar-refractivity contribution in [2.75, 3.05) is 38.5 Å². The van der Waals surface area contributed by atoms with Gasteiger partial charge in [-0.2, -0.15) is 0 Å². The van der Waals surface area contributed by atoms with Crippen molar-refractivity contribution >= 4 is 17.5 Å². The topological polar surface area (TPSA) is 52.7 Å². The lowest BCUT2D eigenvalue weighted by atomic mass is 9.80. The molecular weight excluding hydrogens is 338 g/mol. The van der Waals surface area contributed by atoms with Gasteiger partial charge in [-0.15, -0.1) is 0 Å². The number of carbonyl (C=O) groups excluding carboxylic acids is 2. The lowest BCUT2D eigenvalue weighted by Gasteiger charge is -2.36. The highest BCUT2D eigenvalue weighted by Crippen LogP contribution is 2.31. The van der Waals surface area contributed by atoms with Crippen LogP contribution in [0.25, 0.3) is 0 Å². The Morgan fingerprint density at radius 2 is 1.48 bits per heavy atom. The SMILES string of the molecule is CC(C)c1ccc(NC(=O)C2CCC(C(=O)N3CCN(C)CC3)CC2)cc1. The summed E-state index contributed by atoms with van der Waals surface area (Å²) in [5.41, 5.74) is 2.14. The first kappa shape index (κ1) is 19.9. The normalized spacial score (nSPS) is 24.1. The number of amides is 2. The van der Waals surface area contributed by atoms with E-state index in [1.54, 1.807) is 0 Å². The van der Waals surface area contributed by atoms with Crippen LogP contribution in [0.15, 0.2) is 24.3 Å². The molecule has 0 atom stereocenters. The maximum atomic E-state index is 12.7. The minimum absolute atomic E-state index is 0.0197. The predicted molar refractivity (Wildman–Crippen MR) is 109 cm³/mol. The van der Waals surface area contributed by atoms with Gasteiger partial charge in [-0.3, -0.25) is 9.59 Å². The van der Waals surface area contributed by atoms with E-state index in [-0.39, 0.29) is 17.7 Å². The second-order valence-electron chi connectivity index (χ2n) is 8.44. The predicted octanol–water partition coefficient (Wildman–Crippen LogP) is 3.33. The van der Waals surface area contributed by atoms with E-state index in [2.05, 4.69) is 43.2 Å². The molecule has 1 saturated carbocycles. The van der Waals surface area contributed by atoms with Crippen LogP contribution >= 0.6 is 0 Å². The molecule has 0 unspecified atom stereocenters. The lowest BCUT2D eigenvalue weighted by Crippen LogP contribution is -2.49. The quantitative estimate of drug-likeness (QED) is 0.883. The Labute approximate surface area is 163 Å². The van der Waals surface area contributed by atoms with Crippen molar-refractivity contribution in [2.45, 2.75) is 45.4 Å². The maximum absolute atomic E-state index is 12.7. The summed E-state index contributed by atoms with van der Waals surface area (Å²) in [4.78, 5) is 29.6. The molecule has 2 fully saturated rings. The van der Waals surface area contributed by atoms with Crippen molar-refractivity contribution in [3.63, 3.8) is 0 Å². The van der Waals surface area contributed by atoms with Crippen molar-refractivity contribution < 1.29 is 9.59 Å². The number of likely N-dealkylation sites (N-methyl/N-ethyl adjacent to an activating group) is 1. The molecule has 1 saturated heterocycles. The van der Waals surface area contributed by atoms with Crippen molar-refractivity contribution in [1.29, 1.82) is 0 Å². The molecule has 0 aromatic heterocycles. The highest BCUT2D eigenvalue weighted by molar-refractivity contribution is 5.92. The fraction of sp³-hybridized carbons (Fsp3) is 0.636. The molecule has 148 valence electrons. The molecule has 27 heavy (non-hydrogen) atoms. The van der Waals surface area contributed by atoms with Gasteiger partial charge >= 0.3 is 0 Å². The summed E-state index contributed by atoms with van der Waals surface area (Å²) in [6.45, 7) is 7.91. The Balaban J connectivity index is 1.47. The van der Waals surface area contributed by atoms with Gasteiger partial charge in [0.2, 0.25) is 11.8 Å². The fourth-order valence-electron chi connectivity index (χ4n) is 4.08. The van der Waals surface area contributed by atoms with Crippen molar-refractivity contribution in [2.24, 2.45) is 11.8 Å². The third-order valence-corrected chi connectivity index (χ3v) is 6.11. The summed E-state index contributed by atoms with van der Waals surface area (Å²) in [7, 11) is 2.10. The number of piperazine rings is 1. The van der Waals surface area contributed by atoms with Gasteiger partial charge in [0.1, 0.15) is 0 Å². The zero-order chi connectivity index (χ0) is 19.4. The zero-order valence-electron chi connectivity index (χ0n) is 16.9. The monoisotopic (exact) mass is 371 g/mol. The smallest absolute Gasteiger partial charge is 0.227 e. The molecule has 1 aromatic rings. The average molecular weight is 372 g/mol. The Hall–Kier alpha value is -1.88. The van der Waals surface area contributed by atoms with E-state index in [4.69, 9.17) is 0 Å². The van der Waals surface area contributed by atoms with Gasteiger partial charge in [0, 0.05) is 43.7 Å². The minimum Gasteiger partial charge on any atom is -0.340 e. The van der Waals surface area contributed by atoms with Gasteiger partial charge in [0.15, 0.2) is 0 Å². The first-order valence-corrected chi connectivity index (χ1v) is 10.3. The molecular formula is C22H33N3O2. The van der Waals surface area contributed by atoms with E-state index in [0.717, 1.165) is 57.5 Å². The van der Waals surface area contributed by atoms with Crippen molar-refractivity contribution in [1.82, 2.24) is 9.80 Å². The van der Waals surface area contributed by atoms with Crippen LogP contribution in [0.5, 0.6) is 0 Å². The second kappa shape index (κ2) is 8.87. The first-order chi connectivity index (χ1) is 12.9. The second-order valence-corrected chi connectivity index (χ2v) is 8.44. The molecule has 2 amide bonds. The minimum atomic E-state index is 0.0197. The van der Waals surface area contributed by atoms with E-state index in [1.165, 1.54) is 5.56 Å². The van der Waals surface area contributed by atoms with Crippen LogP contribution in [-0.4, -0.2) is 54.8 Å². The van der Waals surface area contributed by atoms with Crippen LogP contribution in [0, 0.1) is 11.8 Å². The largest absolute Gasteiger partial charge is 0.340 e. The van der Waals surface area contributed by atoms with Gasteiger partial charge in [0.25, 0.3) is 0 Å². The number of hydrogen-bond donors (Lipinski definition) is 1. The standard InChI is InChI=1S/C22H33N3O2/c1-16(2)17-8-10-20(11-9-17)23-21(26)18-4-6-19(7-5-18)22(27)25-14-12-24(3)13-15-25/h8-11,16,18-19H,4-7,12-15H2,1-3H3,(H,23,26). The number of nitrogens with zero attached hydrogens (tertiary/aromatic N) is 2. The van der Waals surface area contributed by atoms with E-state index in [0.29, 0.717) is 11.8 Å². The molecule has 1 N–H and O–H groups in total. The van der Waals surface area contributed by atoms with Crippen LogP contribution < -0.4 is 5.32 Å². The van der Waals surface area contributed by atoms with E-state index < -0.39 is 0 Å². The van der Waals surface area contributed by atoms with Crippen LogP contribution in [-0.2, 0) is 9.59 Å². The molecule has 5 heteroatoms. The summed E-state index contributed by atoms with van der Waals surface area (Å²) in [6, 6.07) is 8.11. The summed E-state index contributed by atoms with van der Waals surface area (Å²) in [5.74, 6) is 1.00. The molecule has 1 aliphatic carbocycles. The van der Waals surface area contributed by atoms with Gasteiger partial charge < -0.3 is 15.1 Å². The van der Waals surface area contributed by atoms with Crippen molar-refractivity contribution in [3.8, 4) is 0 Å². The summed E-state index contributed by atoms with van der Waals surface area (Å²) >= 11 is 0. The Morgan fingerprint density at radius 1 is 0.926 bits per heavy atom. The van der Waals surface area contributed by atoms with Crippen LogP contribution in [0.2, 0.25) is 0 Å². The average Bonchev–Trinajstić information content (AvgIpc) is 2.68. The number of anilines is 1. The maximum Gasteiger partial charge on any atom is 0.227 e. The third-order valence-electron chi connectivity index (χ3n) is 6.11. The van der Waals surface area contributed by atoms with Gasteiger partial charge in [-0.25, -0.2) is 0 Å². The molecule has 2 aliphatic rings. The zero-order valence-corrected chi connectivity index (χ0v) is 16.9. The fourth-order valence-corrected chi connectivity index (χ4v) is 4.08. The van der Waals surface area contributed by atoms with Gasteiger partial charge in [-0.1, -0.05) is 26.0 Å². The Kier molecular flexibility index (Phi) is 6.53. The number of rotatable bonds is 4. The number of carbonyl (C=O) groups is 2. The molecule has 0 spiro atoms. The lowest BCUT2D eigenvalue weighted by molar-refractivity contribution is -0.139. The first-order valence-electron chi connectivity index (χ1n) is 10.3. The Bertz CT molecular complexity index is 640. The number of hydrogen-bond acceptors (Lipinski definition) is 3. The molecule has 5 nitrogen and oxygen atoms in total. The molecule has 3 rings (SSSR count).